The fourth-order valence-corrected chi connectivity index (χ4v) is 2.30. The Kier molecular flexibility index (Phi) is 8.08. The number of rotatable bonds is 9. The summed E-state index contributed by atoms with van der Waals surface area (Å²) in [6, 6.07) is -1.65. The molecule has 19 heavy (non-hydrogen) atoms. The van der Waals surface area contributed by atoms with Crippen molar-refractivity contribution in [1.29, 1.82) is 0 Å². The molecule has 4 N–H and O–H groups in total. The van der Waals surface area contributed by atoms with Crippen molar-refractivity contribution in [3.8, 4) is 0 Å². The van der Waals surface area contributed by atoms with Crippen LogP contribution in [0, 0.1) is 0 Å². The van der Waals surface area contributed by atoms with Crippen molar-refractivity contribution in [1.82, 2.24) is 15.4 Å². The molecule has 0 fully saturated rings. The molecule has 0 rings (SSSR count). The lowest BCUT2D eigenvalue weighted by Crippen LogP contribution is -2.47. The third-order valence-electron chi connectivity index (χ3n) is 2.20. The minimum absolute atomic E-state index is 0.0837. The Morgan fingerprint density at radius 3 is 2.37 bits per heavy atom. The normalized spacial score (nSPS) is 12.7. The van der Waals surface area contributed by atoms with Crippen LogP contribution >= 0.6 is 0 Å². The number of carboxylic acids is 1. The van der Waals surface area contributed by atoms with Gasteiger partial charge in [0.15, 0.2) is 0 Å². The van der Waals surface area contributed by atoms with E-state index in [4.69, 9.17) is 5.11 Å². The number of urea groups is 1. The van der Waals surface area contributed by atoms with Crippen molar-refractivity contribution in [2.45, 2.75) is 32.7 Å². The number of hydrogen-bond acceptors (Lipinski definition) is 4. The molecular formula is C10H21N3O5S. The number of nitrogens with one attached hydrogen (secondary N) is 3. The SMILES string of the molecule is CCC[C@@H](NC(=O)NCCS(=O)(=O)NCC)C(=O)O. The number of carboxylic acid groups (broad SMARTS) is 1. The first-order chi connectivity index (χ1) is 8.82. The lowest BCUT2D eigenvalue weighted by atomic mass is 10.2. The standard InChI is InChI=1S/C10H21N3O5S/c1-3-5-8(9(14)15)13-10(16)11-6-7-19(17,18)12-4-2/h8,12H,3-7H2,1-2H3,(H,14,15)(H2,11,13,16)/t8-/m1/s1. The van der Waals surface area contributed by atoms with Gasteiger partial charge < -0.3 is 15.7 Å². The van der Waals surface area contributed by atoms with Gasteiger partial charge in [0.05, 0.1) is 5.75 Å². The van der Waals surface area contributed by atoms with Gasteiger partial charge in [0.25, 0.3) is 0 Å². The van der Waals surface area contributed by atoms with Gasteiger partial charge in [-0.1, -0.05) is 20.3 Å². The summed E-state index contributed by atoms with van der Waals surface area (Å²) in [6.07, 6.45) is 0.935. The summed E-state index contributed by atoms with van der Waals surface area (Å²) in [5, 5.41) is 13.4. The average molecular weight is 295 g/mol. The van der Waals surface area contributed by atoms with Gasteiger partial charge >= 0.3 is 12.0 Å². The Morgan fingerprint density at radius 2 is 1.89 bits per heavy atom. The average Bonchev–Trinajstić information content (AvgIpc) is 2.27. The summed E-state index contributed by atoms with van der Waals surface area (Å²) in [5.41, 5.74) is 0. The summed E-state index contributed by atoms with van der Waals surface area (Å²) >= 11 is 0. The molecule has 0 aromatic rings. The molecule has 0 spiro atoms. The molecule has 0 saturated heterocycles. The topological polar surface area (TPSA) is 125 Å². The third-order valence-corrected chi connectivity index (χ3v) is 3.67. The van der Waals surface area contributed by atoms with Crippen LogP contribution in [0.25, 0.3) is 0 Å². The molecule has 0 saturated carbocycles. The van der Waals surface area contributed by atoms with Crippen LogP contribution in [0.5, 0.6) is 0 Å². The number of hydrogen-bond donors (Lipinski definition) is 4. The molecule has 8 nitrogen and oxygen atoms in total. The van der Waals surface area contributed by atoms with E-state index in [-0.39, 0.29) is 18.8 Å². The first-order valence-corrected chi connectivity index (χ1v) is 7.72. The van der Waals surface area contributed by atoms with Crippen LogP contribution in [-0.4, -0.2) is 50.4 Å². The molecule has 1 atom stereocenters. The van der Waals surface area contributed by atoms with Gasteiger partial charge in [-0.3, -0.25) is 0 Å². The van der Waals surface area contributed by atoms with Crippen molar-refractivity contribution < 1.29 is 23.1 Å². The van der Waals surface area contributed by atoms with E-state index >= 15 is 0 Å². The second-order valence-electron chi connectivity index (χ2n) is 3.90. The van der Waals surface area contributed by atoms with Crippen molar-refractivity contribution in [2.75, 3.05) is 18.8 Å². The van der Waals surface area contributed by atoms with E-state index in [9.17, 15) is 18.0 Å². The molecule has 2 amide bonds. The largest absolute Gasteiger partial charge is 0.480 e. The number of carbonyl (C=O) groups excluding carboxylic acids is 1. The molecule has 0 unspecified atom stereocenters. The van der Waals surface area contributed by atoms with Crippen molar-refractivity contribution >= 4 is 22.0 Å². The summed E-state index contributed by atoms with van der Waals surface area (Å²) < 4.78 is 24.8. The molecular weight excluding hydrogens is 274 g/mol. The van der Waals surface area contributed by atoms with Crippen LogP contribution in [0.15, 0.2) is 0 Å². The van der Waals surface area contributed by atoms with Gasteiger partial charge in [0.1, 0.15) is 6.04 Å². The van der Waals surface area contributed by atoms with Crippen molar-refractivity contribution in [3.63, 3.8) is 0 Å². The van der Waals surface area contributed by atoms with Crippen LogP contribution in [-0.2, 0) is 14.8 Å². The van der Waals surface area contributed by atoms with Crippen LogP contribution in [0.3, 0.4) is 0 Å². The zero-order valence-corrected chi connectivity index (χ0v) is 11.9. The molecule has 112 valence electrons. The Morgan fingerprint density at radius 1 is 1.26 bits per heavy atom. The summed E-state index contributed by atoms with van der Waals surface area (Å²) in [5.74, 6) is -1.36. The minimum atomic E-state index is -3.39. The summed E-state index contributed by atoms with van der Waals surface area (Å²) in [4.78, 5) is 22.2. The maximum Gasteiger partial charge on any atom is 0.326 e. The molecule has 9 heteroatoms. The van der Waals surface area contributed by atoms with Crippen molar-refractivity contribution in [3.05, 3.63) is 0 Å². The molecule has 0 aliphatic rings. The van der Waals surface area contributed by atoms with E-state index in [1.54, 1.807) is 13.8 Å². The lowest BCUT2D eigenvalue weighted by Gasteiger charge is -2.14. The second-order valence-corrected chi connectivity index (χ2v) is 5.82. The quantitative estimate of drug-likeness (QED) is 0.455. The number of sulfonamides is 1. The predicted octanol–water partition coefficient (Wildman–Crippen LogP) is -0.522. The van der Waals surface area contributed by atoms with Crippen LogP contribution in [0.1, 0.15) is 26.7 Å². The maximum atomic E-state index is 11.4. The highest BCUT2D eigenvalue weighted by Gasteiger charge is 2.18. The van der Waals surface area contributed by atoms with Gasteiger partial charge in [0.2, 0.25) is 10.0 Å². The van der Waals surface area contributed by atoms with E-state index in [0.29, 0.717) is 12.8 Å². The highest BCUT2D eigenvalue weighted by Crippen LogP contribution is 1.96. The Bertz CT molecular complexity index is 396. The van der Waals surface area contributed by atoms with Gasteiger partial charge in [-0.15, -0.1) is 0 Å². The van der Waals surface area contributed by atoms with E-state index < -0.39 is 28.1 Å². The van der Waals surface area contributed by atoms with E-state index in [0.717, 1.165) is 0 Å². The Hall–Kier alpha value is -1.35. The first kappa shape index (κ1) is 17.6. The fraction of sp³-hybridized carbons (Fsp3) is 0.800. The summed E-state index contributed by atoms with van der Waals surface area (Å²) in [6.45, 7) is 3.66. The summed E-state index contributed by atoms with van der Waals surface area (Å²) in [7, 11) is -3.39. The number of carbonyl (C=O) groups is 2. The second kappa shape index (κ2) is 8.70. The molecule has 0 heterocycles. The molecule has 0 aliphatic heterocycles. The Labute approximate surface area is 113 Å². The monoisotopic (exact) mass is 295 g/mol. The smallest absolute Gasteiger partial charge is 0.326 e. The van der Waals surface area contributed by atoms with Crippen molar-refractivity contribution in [2.24, 2.45) is 0 Å². The first-order valence-electron chi connectivity index (χ1n) is 6.06. The molecule has 0 radical (unpaired) electrons. The predicted molar refractivity (Wildman–Crippen MR) is 70.3 cm³/mol. The molecule has 0 aliphatic carbocycles. The van der Waals surface area contributed by atoms with E-state index in [1.165, 1.54) is 0 Å². The van der Waals surface area contributed by atoms with Crippen LogP contribution in [0.4, 0.5) is 4.79 Å². The molecule has 0 aromatic heterocycles. The fourth-order valence-electron chi connectivity index (χ4n) is 1.35. The molecule has 0 bridgehead atoms. The maximum absolute atomic E-state index is 11.4. The van der Waals surface area contributed by atoms with E-state index in [1.807, 2.05) is 0 Å². The zero-order valence-electron chi connectivity index (χ0n) is 11.1. The third kappa shape index (κ3) is 8.38. The van der Waals surface area contributed by atoms with Gasteiger partial charge in [-0.2, -0.15) is 0 Å². The zero-order chi connectivity index (χ0) is 14.9. The van der Waals surface area contributed by atoms with Gasteiger partial charge in [0, 0.05) is 13.1 Å². The van der Waals surface area contributed by atoms with Gasteiger partial charge in [-0.05, 0) is 6.42 Å². The van der Waals surface area contributed by atoms with Crippen LogP contribution in [0.2, 0.25) is 0 Å². The van der Waals surface area contributed by atoms with E-state index in [2.05, 4.69) is 15.4 Å². The number of amides is 2. The number of aliphatic carboxylic acids is 1. The lowest BCUT2D eigenvalue weighted by molar-refractivity contribution is -0.139. The minimum Gasteiger partial charge on any atom is -0.480 e. The highest BCUT2D eigenvalue weighted by molar-refractivity contribution is 7.89. The Balaban J connectivity index is 4.08. The highest BCUT2D eigenvalue weighted by atomic mass is 32.2. The van der Waals surface area contributed by atoms with Gasteiger partial charge in [-0.25, -0.2) is 22.7 Å². The molecule has 0 aromatic carbocycles. The van der Waals surface area contributed by atoms with Crippen LogP contribution < -0.4 is 15.4 Å².